The van der Waals surface area contributed by atoms with Crippen LogP contribution in [-0.4, -0.2) is 22.6 Å². The first-order valence-electron chi connectivity index (χ1n) is 5.21. The second kappa shape index (κ2) is 5.65. The van der Waals surface area contributed by atoms with Gasteiger partial charge in [-0.15, -0.1) is 0 Å². The average Bonchev–Trinajstić information content (AvgIpc) is 2.48. The molecule has 1 rings (SSSR count). The molecule has 0 spiro atoms. The number of aromatic nitrogens is 2. The quantitative estimate of drug-likeness (QED) is 0.665. The summed E-state index contributed by atoms with van der Waals surface area (Å²) in [7, 11) is 0. The van der Waals surface area contributed by atoms with Gasteiger partial charge in [0.05, 0.1) is 0 Å². The van der Waals surface area contributed by atoms with E-state index < -0.39 is 0 Å². The predicted octanol–water partition coefficient (Wildman–Crippen LogP) is 0.875. The minimum Gasteiger partial charge on any atom is -0.317 e. The summed E-state index contributed by atoms with van der Waals surface area (Å²) in [5, 5.41) is 3.31. The van der Waals surface area contributed by atoms with E-state index in [0.717, 1.165) is 38.2 Å². The van der Waals surface area contributed by atoms with Crippen molar-refractivity contribution in [2.45, 2.75) is 33.2 Å². The van der Waals surface area contributed by atoms with Gasteiger partial charge < -0.3 is 10.3 Å². The van der Waals surface area contributed by atoms with E-state index in [1.165, 1.54) is 0 Å². The summed E-state index contributed by atoms with van der Waals surface area (Å²) < 4.78 is 1.77. The summed E-state index contributed by atoms with van der Waals surface area (Å²) in [5.41, 5.74) is 1.00. The van der Waals surface area contributed by atoms with Gasteiger partial charge in [-0.05, 0) is 32.9 Å². The maximum atomic E-state index is 11.2. The molecule has 80 valence electrons. The third-order valence-electron chi connectivity index (χ3n) is 2.24. The molecule has 0 saturated heterocycles. The van der Waals surface area contributed by atoms with Crippen molar-refractivity contribution >= 4 is 0 Å². The molecule has 0 saturated carbocycles. The number of aryl methyl sites for hydroxylation is 1. The SMILES string of the molecule is CCCNCCCn1c(C)c[nH]c1=O. The van der Waals surface area contributed by atoms with Gasteiger partial charge in [0, 0.05) is 18.4 Å². The molecular weight excluding hydrogens is 178 g/mol. The molecule has 0 aliphatic rings. The Bertz CT molecular complexity index is 313. The third-order valence-corrected chi connectivity index (χ3v) is 2.24. The maximum Gasteiger partial charge on any atom is 0.325 e. The van der Waals surface area contributed by atoms with E-state index in [-0.39, 0.29) is 5.69 Å². The fourth-order valence-corrected chi connectivity index (χ4v) is 1.42. The minimum atomic E-state index is -0.00186. The van der Waals surface area contributed by atoms with Crippen molar-refractivity contribution in [3.63, 3.8) is 0 Å². The molecule has 0 aliphatic heterocycles. The second-order valence-corrected chi connectivity index (χ2v) is 3.49. The predicted molar refractivity (Wildman–Crippen MR) is 57.6 cm³/mol. The van der Waals surface area contributed by atoms with Gasteiger partial charge in [-0.3, -0.25) is 4.57 Å². The lowest BCUT2D eigenvalue weighted by Gasteiger charge is -2.04. The van der Waals surface area contributed by atoms with Crippen molar-refractivity contribution < 1.29 is 0 Å². The first-order valence-corrected chi connectivity index (χ1v) is 5.21. The van der Waals surface area contributed by atoms with E-state index in [2.05, 4.69) is 17.2 Å². The van der Waals surface area contributed by atoms with Gasteiger partial charge >= 0.3 is 5.69 Å². The van der Waals surface area contributed by atoms with Gasteiger partial charge in [0.2, 0.25) is 0 Å². The monoisotopic (exact) mass is 197 g/mol. The van der Waals surface area contributed by atoms with E-state index in [1.54, 1.807) is 10.8 Å². The molecule has 1 aromatic rings. The molecule has 2 N–H and O–H groups in total. The Morgan fingerprint density at radius 3 is 2.86 bits per heavy atom. The minimum absolute atomic E-state index is 0.00186. The van der Waals surface area contributed by atoms with E-state index in [0.29, 0.717) is 0 Å². The lowest BCUT2D eigenvalue weighted by atomic mass is 10.4. The van der Waals surface area contributed by atoms with Crippen LogP contribution >= 0.6 is 0 Å². The molecule has 14 heavy (non-hydrogen) atoms. The Balaban J connectivity index is 2.28. The third kappa shape index (κ3) is 3.03. The Kier molecular flexibility index (Phi) is 4.46. The zero-order valence-corrected chi connectivity index (χ0v) is 8.97. The zero-order valence-electron chi connectivity index (χ0n) is 8.97. The molecule has 0 aromatic carbocycles. The normalized spacial score (nSPS) is 10.7. The topological polar surface area (TPSA) is 49.8 Å². The van der Waals surface area contributed by atoms with E-state index >= 15 is 0 Å². The van der Waals surface area contributed by atoms with E-state index in [9.17, 15) is 4.79 Å². The number of rotatable bonds is 6. The Morgan fingerprint density at radius 2 is 2.29 bits per heavy atom. The average molecular weight is 197 g/mol. The van der Waals surface area contributed by atoms with Crippen molar-refractivity contribution in [3.8, 4) is 0 Å². The fraction of sp³-hybridized carbons (Fsp3) is 0.700. The highest BCUT2D eigenvalue weighted by Crippen LogP contribution is 1.93. The van der Waals surface area contributed by atoms with E-state index in [4.69, 9.17) is 0 Å². The molecule has 0 amide bonds. The summed E-state index contributed by atoms with van der Waals surface area (Å²) in [4.78, 5) is 13.9. The Labute approximate surface area is 84.3 Å². The smallest absolute Gasteiger partial charge is 0.317 e. The van der Waals surface area contributed by atoms with Crippen LogP contribution in [-0.2, 0) is 6.54 Å². The van der Waals surface area contributed by atoms with E-state index in [1.807, 2.05) is 6.92 Å². The molecule has 1 heterocycles. The van der Waals surface area contributed by atoms with Crippen LogP contribution in [0.5, 0.6) is 0 Å². The van der Waals surface area contributed by atoms with Crippen LogP contribution in [0.3, 0.4) is 0 Å². The number of nitrogens with one attached hydrogen (secondary N) is 2. The van der Waals surface area contributed by atoms with Crippen molar-refractivity contribution in [2.75, 3.05) is 13.1 Å². The molecule has 0 fully saturated rings. The summed E-state index contributed by atoms with van der Waals surface area (Å²) in [5.74, 6) is 0. The number of hydrogen-bond donors (Lipinski definition) is 2. The van der Waals surface area contributed by atoms with Crippen LogP contribution in [0.1, 0.15) is 25.5 Å². The van der Waals surface area contributed by atoms with Crippen molar-refractivity contribution in [1.82, 2.24) is 14.9 Å². The highest BCUT2D eigenvalue weighted by atomic mass is 16.1. The van der Waals surface area contributed by atoms with Gasteiger partial charge in [0.1, 0.15) is 0 Å². The number of nitrogens with zero attached hydrogens (tertiary/aromatic N) is 1. The van der Waals surface area contributed by atoms with Gasteiger partial charge in [0.25, 0.3) is 0 Å². The molecule has 0 unspecified atom stereocenters. The highest BCUT2D eigenvalue weighted by Gasteiger charge is 1.99. The zero-order chi connectivity index (χ0) is 10.4. The molecule has 0 atom stereocenters. The van der Waals surface area contributed by atoms with Crippen molar-refractivity contribution in [3.05, 3.63) is 22.4 Å². The summed E-state index contributed by atoms with van der Waals surface area (Å²) in [6.45, 7) is 6.92. The fourth-order valence-electron chi connectivity index (χ4n) is 1.42. The van der Waals surface area contributed by atoms with Crippen LogP contribution in [0.15, 0.2) is 11.0 Å². The largest absolute Gasteiger partial charge is 0.325 e. The highest BCUT2D eigenvalue weighted by molar-refractivity contribution is 4.94. The summed E-state index contributed by atoms with van der Waals surface area (Å²) in [6, 6.07) is 0. The number of imidazole rings is 1. The van der Waals surface area contributed by atoms with Crippen LogP contribution < -0.4 is 11.0 Å². The lowest BCUT2D eigenvalue weighted by Crippen LogP contribution is -2.22. The lowest BCUT2D eigenvalue weighted by molar-refractivity contribution is 0.563. The molecule has 0 bridgehead atoms. The number of hydrogen-bond acceptors (Lipinski definition) is 2. The molecule has 4 heteroatoms. The maximum absolute atomic E-state index is 11.2. The van der Waals surface area contributed by atoms with Gasteiger partial charge in [-0.2, -0.15) is 0 Å². The van der Waals surface area contributed by atoms with Crippen molar-refractivity contribution in [2.24, 2.45) is 0 Å². The van der Waals surface area contributed by atoms with Gasteiger partial charge in [0.15, 0.2) is 0 Å². The van der Waals surface area contributed by atoms with Gasteiger partial charge in [-0.25, -0.2) is 4.79 Å². The van der Waals surface area contributed by atoms with Crippen molar-refractivity contribution in [1.29, 1.82) is 0 Å². The standard InChI is InChI=1S/C10H19N3O/c1-3-5-11-6-4-7-13-9(2)8-12-10(13)14/h8,11H,3-7H2,1-2H3,(H,12,14). The Hall–Kier alpha value is -1.03. The first-order chi connectivity index (χ1) is 6.75. The molecule has 1 aromatic heterocycles. The Morgan fingerprint density at radius 1 is 1.50 bits per heavy atom. The molecular formula is C10H19N3O. The first kappa shape index (κ1) is 11.0. The number of H-pyrrole nitrogens is 1. The van der Waals surface area contributed by atoms with Crippen LogP contribution in [0.2, 0.25) is 0 Å². The van der Waals surface area contributed by atoms with Crippen LogP contribution in [0.4, 0.5) is 0 Å². The van der Waals surface area contributed by atoms with Gasteiger partial charge in [-0.1, -0.05) is 6.92 Å². The number of aromatic amines is 1. The molecule has 0 radical (unpaired) electrons. The summed E-state index contributed by atoms with van der Waals surface area (Å²) in [6.07, 6.45) is 3.91. The van der Waals surface area contributed by atoms with Crippen LogP contribution in [0.25, 0.3) is 0 Å². The summed E-state index contributed by atoms with van der Waals surface area (Å²) >= 11 is 0. The molecule has 0 aliphatic carbocycles. The van der Waals surface area contributed by atoms with Crippen LogP contribution in [0, 0.1) is 6.92 Å². The second-order valence-electron chi connectivity index (χ2n) is 3.49. The molecule has 4 nitrogen and oxygen atoms in total.